The van der Waals surface area contributed by atoms with E-state index in [4.69, 9.17) is 0 Å². The molecule has 0 aliphatic heterocycles. The lowest BCUT2D eigenvalue weighted by atomic mass is 9.96. The Morgan fingerprint density at radius 1 is 1.38 bits per heavy atom. The molecule has 0 unspecified atom stereocenters. The fraction of sp³-hybridized carbons (Fsp3) is 0.714. The van der Waals surface area contributed by atoms with Gasteiger partial charge in [0.15, 0.2) is 0 Å². The molecule has 1 rings (SSSR count). The highest BCUT2D eigenvalue weighted by molar-refractivity contribution is 7.80. The van der Waals surface area contributed by atoms with Gasteiger partial charge in [0.05, 0.1) is 0 Å². The van der Waals surface area contributed by atoms with E-state index in [0.29, 0.717) is 5.25 Å². The van der Waals surface area contributed by atoms with E-state index in [1.54, 1.807) is 0 Å². The molecule has 0 aromatic rings. The monoisotopic (exact) mass is 128 g/mol. The van der Waals surface area contributed by atoms with E-state index in [9.17, 15) is 0 Å². The minimum Gasteiger partial charge on any atom is -0.176 e. The van der Waals surface area contributed by atoms with Gasteiger partial charge in [-0.25, -0.2) is 0 Å². The van der Waals surface area contributed by atoms with Crippen LogP contribution in [0, 0.1) is 0 Å². The molecule has 1 aliphatic carbocycles. The van der Waals surface area contributed by atoms with Crippen LogP contribution < -0.4 is 0 Å². The average molecular weight is 128 g/mol. The first-order valence-corrected chi connectivity index (χ1v) is 3.65. The summed E-state index contributed by atoms with van der Waals surface area (Å²) in [5.41, 5.74) is 1.41. The van der Waals surface area contributed by atoms with Crippen LogP contribution >= 0.6 is 12.6 Å². The van der Waals surface area contributed by atoms with Gasteiger partial charge in [-0.3, -0.25) is 0 Å². The second kappa shape index (κ2) is 2.58. The third kappa shape index (κ3) is 1.55. The van der Waals surface area contributed by atoms with Crippen LogP contribution in [-0.4, -0.2) is 5.25 Å². The molecule has 46 valence electrons. The smallest absolute Gasteiger partial charge is 0.00229 e. The first-order valence-electron chi connectivity index (χ1n) is 3.14. The van der Waals surface area contributed by atoms with Crippen LogP contribution in [0.15, 0.2) is 12.2 Å². The fourth-order valence-electron chi connectivity index (χ4n) is 1.01. The summed E-state index contributed by atoms with van der Waals surface area (Å²) in [6, 6.07) is 0. The Hall–Kier alpha value is 0.0900. The number of hydrogen-bond acceptors (Lipinski definition) is 1. The Labute approximate surface area is 56.4 Å². The Bertz CT molecular complexity index is 86.6. The molecule has 0 N–H and O–H groups in total. The first-order chi connectivity index (χ1) is 3.79. The molecular weight excluding hydrogens is 116 g/mol. The number of thiol groups is 1. The van der Waals surface area contributed by atoms with Crippen molar-refractivity contribution in [3.05, 3.63) is 12.2 Å². The molecule has 1 heteroatoms. The molecule has 0 amide bonds. The molecule has 8 heavy (non-hydrogen) atoms. The third-order valence-electron chi connectivity index (χ3n) is 1.66. The third-order valence-corrected chi connectivity index (χ3v) is 2.18. The summed E-state index contributed by atoms with van der Waals surface area (Å²) < 4.78 is 0. The van der Waals surface area contributed by atoms with Crippen LogP contribution in [0.5, 0.6) is 0 Å². The van der Waals surface area contributed by atoms with Gasteiger partial charge in [-0.05, 0) is 25.7 Å². The zero-order chi connectivity index (χ0) is 5.98. The minimum atomic E-state index is 0.653. The van der Waals surface area contributed by atoms with Crippen molar-refractivity contribution in [2.24, 2.45) is 0 Å². The van der Waals surface area contributed by atoms with E-state index in [1.807, 2.05) is 0 Å². The van der Waals surface area contributed by atoms with Gasteiger partial charge in [0.25, 0.3) is 0 Å². The van der Waals surface area contributed by atoms with E-state index in [-0.39, 0.29) is 0 Å². The predicted octanol–water partition coefficient (Wildman–Crippen LogP) is 2.42. The van der Waals surface area contributed by atoms with Crippen LogP contribution in [0.1, 0.15) is 25.7 Å². The fourth-order valence-corrected chi connectivity index (χ4v) is 1.27. The molecule has 0 spiro atoms. The summed E-state index contributed by atoms with van der Waals surface area (Å²) in [6.07, 6.45) is 4.88. The molecule has 0 radical (unpaired) electrons. The largest absolute Gasteiger partial charge is 0.176 e. The minimum absolute atomic E-state index is 0.653. The summed E-state index contributed by atoms with van der Waals surface area (Å²) >= 11 is 4.36. The Morgan fingerprint density at radius 3 is 2.25 bits per heavy atom. The Morgan fingerprint density at radius 2 is 1.88 bits per heavy atom. The lowest BCUT2D eigenvalue weighted by Crippen LogP contribution is -2.05. The molecule has 0 bridgehead atoms. The molecule has 0 nitrogen and oxygen atoms in total. The topological polar surface area (TPSA) is 0 Å². The van der Waals surface area contributed by atoms with Crippen LogP contribution in [0.2, 0.25) is 0 Å². The lowest BCUT2D eigenvalue weighted by Gasteiger charge is -2.17. The number of rotatable bonds is 0. The van der Waals surface area contributed by atoms with E-state index in [0.717, 1.165) is 0 Å². The second-order valence-corrected chi connectivity index (χ2v) is 3.21. The zero-order valence-corrected chi connectivity index (χ0v) is 5.95. The maximum atomic E-state index is 4.36. The maximum absolute atomic E-state index is 4.36. The molecule has 0 aromatic carbocycles. The van der Waals surface area contributed by atoms with Crippen molar-refractivity contribution in [2.75, 3.05) is 0 Å². The lowest BCUT2D eigenvalue weighted by molar-refractivity contribution is 0.619. The van der Waals surface area contributed by atoms with Gasteiger partial charge in [0, 0.05) is 5.25 Å². The van der Waals surface area contributed by atoms with Crippen molar-refractivity contribution in [3.63, 3.8) is 0 Å². The van der Waals surface area contributed by atoms with Crippen LogP contribution in [0.3, 0.4) is 0 Å². The zero-order valence-electron chi connectivity index (χ0n) is 5.06. The van der Waals surface area contributed by atoms with Crippen molar-refractivity contribution >= 4 is 12.6 Å². The predicted molar refractivity (Wildman–Crippen MR) is 40.4 cm³/mol. The number of hydrogen-bond donors (Lipinski definition) is 1. The van der Waals surface area contributed by atoms with E-state index < -0.39 is 0 Å². The molecule has 0 aromatic heterocycles. The van der Waals surface area contributed by atoms with Crippen LogP contribution in [0.4, 0.5) is 0 Å². The highest BCUT2D eigenvalue weighted by atomic mass is 32.1. The van der Waals surface area contributed by atoms with E-state index in [2.05, 4.69) is 19.2 Å². The Kier molecular flexibility index (Phi) is 2.01. The molecule has 1 aliphatic rings. The molecule has 1 fully saturated rings. The van der Waals surface area contributed by atoms with Gasteiger partial charge in [-0.2, -0.15) is 12.6 Å². The van der Waals surface area contributed by atoms with Gasteiger partial charge >= 0.3 is 0 Å². The number of allylic oxidation sites excluding steroid dienone is 1. The Balaban J connectivity index is 2.29. The van der Waals surface area contributed by atoms with Crippen LogP contribution in [-0.2, 0) is 0 Å². The maximum Gasteiger partial charge on any atom is 0.00229 e. The van der Waals surface area contributed by atoms with E-state index in [1.165, 1.54) is 31.3 Å². The second-order valence-electron chi connectivity index (χ2n) is 2.48. The summed E-state index contributed by atoms with van der Waals surface area (Å²) in [7, 11) is 0. The summed E-state index contributed by atoms with van der Waals surface area (Å²) in [6.45, 7) is 3.91. The summed E-state index contributed by atoms with van der Waals surface area (Å²) in [4.78, 5) is 0. The standard InChI is InChI=1S/C7H12S/c1-6-2-4-7(8)5-3-6/h7-8H,1-5H2. The highest BCUT2D eigenvalue weighted by Crippen LogP contribution is 2.24. The molecule has 0 heterocycles. The molecule has 1 saturated carbocycles. The summed E-state index contributed by atoms with van der Waals surface area (Å²) in [5, 5.41) is 0.653. The van der Waals surface area contributed by atoms with Crippen molar-refractivity contribution in [3.8, 4) is 0 Å². The van der Waals surface area contributed by atoms with Gasteiger partial charge in [-0.15, -0.1) is 0 Å². The SMILES string of the molecule is C=C1CCC(S)CC1. The van der Waals surface area contributed by atoms with Gasteiger partial charge < -0.3 is 0 Å². The van der Waals surface area contributed by atoms with Crippen molar-refractivity contribution in [1.29, 1.82) is 0 Å². The first kappa shape index (κ1) is 6.21. The average Bonchev–Trinajstić information content (AvgIpc) is 1.77. The van der Waals surface area contributed by atoms with Crippen molar-refractivity contribution in [1.82, 2.24) is 0 Å². The van der Waals surface area contributed by atoms with Gasteiger partial charge in [-0.1, -0.05) is 12.2 Å². The van der Waals surface area contributed by atoms with E-state index >= 15 is 0 Å². The van der Waals surface area contributed by atoms with Crippen molar-refractivity contribution < 1.29 is 0 Å². The quantitative estimate of drug-likeness (QED) is 0.376. The van der Waals surface area contributed by atoms with Crippen molar-refractivity contribution in [2.45, 2.75) is 30.9 Å². The van der Waals surface area contributed by atoms with Gasteiger partial charge in [0.2, 0.25) is 0 Å². The van der Waals surface area contributed by atoms with Crippen LogP contribution in [0.25, 0.3) is 0 Å². The normalized spacial score (nSPS) is 23.9. The highest BCUT2D eigenvalue weighted by Gasteiger charge is 2.10. The molecule has 0 atom stereocenters. The summed E-state index contributed by atoms with van der Waals surface area (Å²) in [5.74, 6) is 0. The molecular formula is C7H12S. The van der Waals surface area contributed by atoms with Gasteiger partial charge in [0.1, 0.15) is 0 Å². The molecule has 0 saturated heterocycles.